The van der Waals surface area contributed by atoms with Crippen molar-refractivity contribution in [3.63, 3.8) is 0 Å². The van der Waals surface area contributed by atoms with Gasteiger partial charge in [0, 0.05) is 12.8 Å². The number of aromatic nitrogens is 1. The molecule has 0 aliphatic carbocycles. The molecule has 1 saturated heterocycles. The van der Waals surface area contributed by atoms with Crippen molar-refractivity contribution in [3.8, 4) is 0 Å². The summed E-state index contributed by atoms with van der Waals surface area (Å²) >= 11 is 0. The van der Waals surface area contributed by atoms with Gasteiger partial charge in [0.05, 0.1) is 11.8 Å². The van der Waals surface area contributed by atoms with Gasteiger partial charge in [-0.05, 0) is 57.3 Å². The molecule has 0 amide bonds. The molecule has 0 spiro atoms. The van der Waals surface area contributed by atoms with Crippen LogP contribution in [0.15, 0.2) is 24.4 Å². The van der Waals surface area contributed by atoms with E-state index in [1.54, 1.807) is 0 Å². The average Bonchev–Trinajstić information content (AvgIpc) is 2.41. The van der Waals surface area contributed by atoms with E-state index in [1.807, 2.05) is 24.4 Å². The molecule has 0 saturated carbocycles. The first-order chi connectivity index (χ1) is 8.36. The Labute approximate surface area is 104 Å². The van der Waals surface area contributed by atoms with E-state index in [4.69, 9.17) is 4.74 Å². The van der Waals surface area contributed by atoms with Crippen LogP contribution in [-0.2, 0) is 4.74 Å². The van der Waals surface area contributed by atoms with Gasteiger partial charge >= 0.3 is 0 Å². The van der Waals surface area contributed by atoms with E-state index in [-0.39, 0.29) is 6.10 Å². The van der Waals surface area contributed by atoms with E-state index < -0.39 is 0 Å². The maximum atomic E-state index is 5.85. The molecule has 0 bridgehead atoms. The Bertz CT molecular complexity index is 309. The first-order valence-electron chi connectivity index (χ1n) is 6.59. The van der Waals surface area contributed by atoms with Gasteiger partial charge in [0.25, 0.3) is 0 Å². The first kappa shape index (κ1) is 12.5. The molecule has 1 aromatic heterocycles. The molecule has 0 aromatic carbocycles. The minimum Gasteiger partial charge on any atom is -0.372 e. The SMILES string of the molecule is CC(OCCC1CCNCC1)c1ccccn1. The molecule has 1 aliphatic rings. The summed E-state index contributed by atoms with van der Waals surface area (Å²) in [5.74, 6) is 0.840. The van der Waals surface area contributed by atoms with Gasteiger partial charge in [-0.25, -0.2) is 0 Å². The Balaban J connectivity index is 1.67. The number of hydrogen-bond acceptors (Lipinski definition) is 3. The second kappa shape index (κ2) is 6.72. The number of hydrogen-bond donors (Lipinski definition) is 1. The summed E-state index contributed by atoms with van der Waals surface area (Å²) in [6, 6.07) is 5.97. The maximum Gasteiger partial charge on any atom is 0.0966 e. The van der Waals surface area contributed by atoms with Gasteiger partial charge in [0.15, 0.2) is 0 Å². The van der Waals surface area contributed by atoms with Crippen LogP contribution in [0.4, 0.5) is 0 Å². The van der Waals surface area contributed by atoms with Crippen molar-refractivity contribution in [2.75, 3.05) is 19.7 Å². The summed E-state index contributed by atoms with van der Waals surface area (Å²) < 4.78 is 5.85. The lowest BCUT2D eigenvalue weighted by Crippen LogP contribution is -2.28. The van der Waals surface area contributed by atoms with Gasteiger partial charge in [-0.2, -0.15) is 0 Å². The third-order valence-corrected chi connectivity index (χ3v) is 3.46. The molecule has 1 N–H and O–H groups in total. The lowest BCUT2D eigenvalue weighted by Gasteiger charge is -2.23. The smallest absolute Gasteiger partial charge is 0.0966 e. The van der Waals surface area contributed by atoms with Gasteiger partial charge in [-0.15, -0.1) is 0 Å². The van der Waals surface area contributed by atoms with E-state index in [0.717, 1.165) is 18.2 Å². The Morgan fingerprint density at radius 1 is 1.41 bits per heavy atom. The van der Waals surface area contributed by atoms with Crippen LogP contribution < -0.4 is 5.32 Å². The molecule has 3 nitrogen and oxygen atoms in total. The molecular weight excluding hydrogens is 212 g/mol. The van der Waals surface area contributed by atoms with Gasteiger partial charge in [0.1, 0.15) is 0 Å². The molecule has 2 heterocycles. The molecule has 3 heteroatoms. The third kappa shape index (κ3) is 4.10. The molecule has 1 unspecified atom stereocenters. The zero-order valence-electron chi connectivity index (χ0n) is 10.6. The van der Waals surface area contributed by atoms with Crippen LogP contribution in [0.2, 0.25) is 0 Å². The summed E-state index contributed by atoms with van der Waals surface area (Å²) in [6.07, 6.45) is 5.70. The molecule has 1 atom stereocenters. The minimum atomic E-state index is 0.109. The molecular formula is C14H22N2O. The number of ether oxygens (including phenoxy) is 1. The molecule has 1 fully saturated rings. The predicted molar refractivity (Wildman–Crippen MR) is 68.8 cm³/mol. The van der Waals surface area contributed by atoms with Gasteiger partial charge in [-0.1, -0.05) is 6.07 Å². The van der Waals surface area contributed by atoms with E-state index in [1.165, 1.54) is 32.4 Å². The largest absolute Gasteiger partial charge is 0.372 e. The predicted octanol–water partition coefficient (Wildman–Crippen LogP) is 2.55. The fourth-order valence-electron chi connectivity index (χ4n) is 2.28. The summed E-state index contributed by atoms with van der Waals surface area (Å²) in [7, 11) is 0. The molecule has 1 aromatic rings. The van der Waals surface area contributed by atoms with Crippen LogP contribution in [0, 0.1) is 5.92 Å². The average molecular weight is 234 g/mol. The number of nitrogens with one attached hydrogen (secondary N) is 1. The Hall–Kier alpha value is -0.930. The fraction of sp³-hybridized carbons (Fsp3) is 0.643. The van der Waals surface area contributed by atoms with Crippen molar-refractivity contribution < 1.29 is 4.74 Å². The Morgan fingerprint density at radius 2 is 2.24 bits per heavy atom. The summed E-state index contributed by atoms with van der Waals surface area (Å²) in [5.41, 5.74) is 1.03. The minimum absolute atomic E-state index is 0.109. The molecule has 1 aliphatic heterocycles. The lowest BCUT2D eigenvalue weighted by molar-refractivity contribution is 0.0507. The number of piperidine rings is 1. The zero-order chi connectivity index (χ0) is 11.9. The van der Waals surface area contributed by atoms with Gasteiger partial charge < -0.3 is 10.1 Å². The fourth-order valence-corrected chi connectivity index (χ4v) is 2.28. The van der Waals surface area contributed by atoms with E-state index >= 15 is 0 Å². The van der Waals surface area contributed by atoms with Crippen molar-refractivity contribution in [1.82, 2.24) is 10.3 Å². The highest BCUT2D eigenvalue weighted by Gasteiger charge is 2.13. The van der Waals surface area contributed by atoms with Gasteiger partial charge in [-0.3, -0.25) is 4.98 Å². The lowest BCUT2D eigenvalue weighted by atomic mass is 9.95. The van der Waals surface area contributed by atoms with Crippen molar-refractivity contribution >= 4 is 0 Å². The molecule has 94 valence electrons. The number of rotatable bonds is 5. The zero-order valence-corrected chi connectivity index (χ0v) is 10.6. The summed E-state index contributed by atoms with van der Waals surface area (Å²) in [6.45, 7) is 5.26. The highest BCUT2D eigenvalue weighted by Crippen LogP contribution is 2.19. The van der Waals surface area contributed by atoms with Crippen LogP contribution in [0.25, 0.3) is 0 Å². The van der Waals surface area contributed by atoms with Crippen LogP contribution in [0.3, 0.4) is 0 Å². The topological polar surface area (TPSA) is 34.1 Å². The normalized spacial score (nSPS) is 19.1. The van der Waals surface area contributed by atoms with Crippen molar-refractivity contribution in [2.24, 2.45) is 5.92 Å². The highest BCUT2D eigenvalue weighted by molar-refractivity contribution is 5.05. The highest BCUT2D eigenvalue weighted by atomic mass is 16.5. The summed E-state index contributed by atoms with van der Waals surface area (Å²) in [4.78, 5) is 4.31. The van der Waals surface area contributed by atoms with Crippen LogP contribution in [-0.4, -0.2) is 24.7 Å². The third-order valence-electron chi connectivity index (χ3n) is 3.46. The number of nitrogens with zero attached hydrogens (tertiary/aromatic N) is 1. The second-order valence-electron chi connectivity index (χ2n) is 4.75. The Kier molecular flexibility index (Phi) is 4.95. The van der Waals surface area contributed by atoms with Gasteiger partial charge in [0.2, 0.25) is 0 Å². The monoisotopic (exact) mass is 234 g/mol. The van der Waals surface area contributed by atoms with Crippen LogP contribution in [0.5, 0.6) is 0 Å². The quantitative estimate of drug-likeness (QED) is 0.850. The van der Waals surface area contributed by atoms with E-state index in [0.29, 0.717) is 0 Å². The van der Waals surface area contributed by atoms with Crippen LogP contribution >= 0.6 is 0 Å². The number of pyridine rings is 1. The standard InChI is InChI=1S/C14H22N2O/c1-12(14-4-2-3-8-16-14)17-11-7-13-5-9-15-10-6-13/h2-4,8,12-13,15H,5-7,9-11H2,1H3. The second-order valence-corrected chi connectivity index (χ2v) is 4.75. The van der Waals surface area contributed by atoms with E-state index in [9.17, 15) is 0 Å². The van der Waals surface area contributed by atoms with Crippen molar-refractivity contribution in [2.45, 2.75) is 32.3 Å². The van der Waals surface area contributed by atoms with E-state index in [2.05, 4.69) is 17.2 Å². The molecule has 0 radical (unpaired) electrons. The Morgan fingerprint density at radius 3 is 2.94 bits per heavy atom. The van der Waals surface area contributed by atoms with Crippen molar-refractivity contribution in [1.29, 1.82) is 0 Å². The maximum absolute atomic E-state index is 5.85. The molecule has 2 rings (SSSR count). The summed E-state index contributed by atoms with van der Waals surface area (Å²) in [5, 5.41) is 3.39. The molecule has 17 heavy (non-hydrogen) atoms. The van der Waals surface area contributed by atoms with Crippen molar-refractivity contribution in [3.05, 3.63) is 30.1 Å². The van der Waals surface area contributed by atoms with Crippen LogP contribution in [0.1, 0.15) is 38.0 Å². The first-order valence-corrected chi connectivity index (χ1v) is 6.59.